The monoisotopic (exact) mass is 237 g/mol. The Kier molecular flexibility index (Phi) is 3.53. The number of rotatable bonds is 3. The fourth-order valence-electron chi connectivity index (χ4n) is 1.04. The van der Waals surface area contributed by atoms with E-state index in [1.807, 2.05) is 12.1 Å². The van der Waals surface area contributed by atoms with Crippen molar-refractivity contribution in [2.24, 2.45) is 0 Å². The van der Waals surface area contributed by atoms with Gasteiger partial charge in [0.05, 0.1) is 11.9 Å². The molecule has 0 spiro atoms. The lowest BCUT2D eigenvalue weighted by Gasteiger charge is -1.99. The van der Waals surface area contributed by atoms with Crippen molar-refractivity contribution in [1.82, 2.24) is 15.0 Å². The Labute approximate surface area is 96.9 Å². The third-order valence-corrected chi connectivity index (χ3v) is 2.84. The Morgan fingerprint density at radius 1 is 1.27 bits per heavy atom. The molecule has 0 aromatic carbocycles. The lowest BCUT2D eigenvalue weighted by molar-refractivity contribution is 1.05. The predicted octanol–water partition coefficient (Wildman–Crippen LogP) is 2.82. The van der Waals surface area contributed by atoms with Crippen LogP contribution >= 0.6 is 23.4 Å². The normalized spacial score (nSPS) is 10.2. The van der Waals surface area contributed by atoms with E-state index in [1.54, 1.807) is 36.4 Å². The summed E-state index contributed by atoms with van der Waals surface area (Å²) in [7, 11) is 0. The molecule has 3 nitrogen and oxygen atoms in total. The highest BCUT2D eigenvalue weighted by Crippen LogP contribution is 2.19. The van der Waals surface area contributed by atoms with Gasteiger partial charge in [0.25, 0.3) is 0 Å². The molecule has 2 rings (SSSR count). The zero-order chi connectivity index (χ0) is 10.5. The molecule has 76 valence electrons. The highest BCUT2D eigenvalue weighted by Gasteiger charge is 1.98. The fraction of sp³-hybridized carbons (Fsp3) is 0.100. The third-order valence-electron chi connectivity index (χ3n) is 1.68. The van der Waals surface area contributed by atoms with Crippen LogP contribution in [0.3, 0.4) is 0 Å². The van der Waals surface area contributed by atoms with Gasteiger partial charge in [-0.3, -0.25) is 4.98 Å². The first-order valence-electron chi connectivity index (χ1n) is 4.35. The minimum absolute atomic E-state index is 0.521. The molecule has 2 aromatic heterocycles. The summed E-state index contributed by atoms with van der Waals surface area (Å²) in [4.78, 5) is 12.3. The van der Waals surface area contributed by atoms with Crippen molar-refractivity contribution in [1.29, 1.82) is 0 Å². The van der Waals surface area contributed by atoms with Crippen LogP contribution in [-0.2, 0) is 5.75 Å². The smallest absolute Gasteiger partial charge is 0.129 e. The molecule has 0 bridgehead atoms. The summed E-state index contributed by atoms with van der Waals surface area (Å²) in [6.07, 6.45) is 5.06. The van der Waals surface area contributed by atoms with E-state index in [9.17, 15) is 0 Å². The number of hydrogen-bond donors (Lipinski definition) is 0. The van der Waals surface area contributed by atoms with Gasteiger partial charge in [0, 0.05) is 18.1 Å². The number of nitrogens with zero attached hydrogens (tertiary/aromatic N) is 3. The molecule has 0 radical (unpaired) electrons. The van der Waals surface area contributed by atoms with Crippen LogP contribution in [0.1, 0.15) is 5.69 Å². The van der Waals surface area contributed by atoms with Crippen LogP contribution in [0.25, 0.3) is 0 Å². The number of aromatic nitrogens is 3. The molecule has 0 atom stereocenters. The van der Waals surface area contributed by atoms with Gasteiger partial charge in [-0.1, -0.05) is 29.4 Å². The lowest BCUT2D eigenvalue weighted by atomic mass is 10.4. The Hall–Kier alpha value is -1.13. The van der Waals surface area contributed by atoms with Gasteiger partial charge in [-0.25, -0.2) is 9.97 Å². The maximum Gasteiger partial charge on any atom is 0.129 e. The maximum atomic E-state index is 5.78. The Balaban J connectivity index is 1.99. The Morgan fingerprint density at radius 3 is 2.93 bits per heavy atom. The molecule has 0 aliphatic rings. The first-order chi connectivity index (χ1) is 7.34. The maximum absolute atomic E-state index is 5.78. The van der Waals surface area contributed by atoms with E-state index >= 15 is 0 Å². The standard InChI is InChI=1S/C10H8ClN3S/c11-9-3-1-2-8(14-9)7-15-10-6-12-4-5-13-10/h1-6H,7H2. The number of thioether (sulfide) groups is 1. The first-order valence-corrected chi connectivity index (χ1v) is 5.71. The van der Waals surface area contributed by atoms with Gasteiger partial charge < -0.3 is 0 Å². The molecule has 5 heteroatoms. The van der Waals surface area contributed by atoms with Crippen molar-refractivity contribution in [3.8, 4) is 0 Å². The topological polar surface area (TPSA) is 38.7 Å². The second-order valence-corrected chi connectivity index (χ2v) is 4.17. The third kappa shape index (κ3) is 3.18. The van der Waals surface area contributed by atoms with Crippen molar-refractivity contribution in [2.75, 3.05) is 0 Å². The quantitative estimate of drug-likeness (QED) is 0.608. The Morgan fingerprint density at radius 2 is 2.20 bits per heavy atom. The molecule has 0 aliphatic carbocycles. The summed E-state index contributed by atoms with van der Waals surface area (Å²) in [6.45, 7) is 0. The molecule has 0 aliphatic heterocycles. The van der Waals surface area contributed by atoms with Crippen molar-refractivity contribution in [3.05, 3.63) is 47.6 Å². The summed E-state index contributed by atoms with van der Waals surface area (Å²) in [5.41, 5.74) is 0.943. The van der Waals surface area contributed by atoms with E-state index in [-0.39, 0.29) is 0 Å². The van der Waals surface area contributed by atoms with E-state index < -0.39 is 0 Å². The van der Waals surface area contributed by atoms with Gasteiger partial charge in [-0.15, -0.1) is 0 Å². The molecule has 15 heavy (non-hydrogen) atoms. The molecule has 2 heterocycles. The van der Waals surface area contributed by atoms with E-state index in [4.69, 9.17) is 11.6 Å². The summed E-state index contributed by atoms with van der Waals surface area (Å²) >= 11 is 7.37. The molecular weight excluding hydrogens is 230 g/mol. The van der Waals surface area contributed by atoms with Crippen LogP contribution in [0.4, 0.5) is 0 Å². The highest BCUT2D eigenvalue weighted by atomic mass is 35.5. The predicted molar refractivity (Wildman–Crippen MR) is 60.8 cm³/mol. The summed E-state index contributed by atoms with van der Waals surface area (Å²) in [5.74, 6) is 0.749. The van der Waals surface area contributed by atoms with Crippen molar-refractivity contribution in [3.63, 3.8) is 0 Å². The van der Waals surface area contributed by atoms with Gasteiger partial charge in [0.15, 0.2) is 0 Å². The molecule has 0 N–H and O–H groups in total. The van der Waals surface area contributed by atoms with Crippen LogP contribution in [-0.4, -0.2) is 15.0 Å². The first kappa shape index (κ1) is 10.4. The van der Waals surface area contributed by atoms with Gasteiger partial charge >= 0.3 is 0 Å². The van der Waals surface area contributed by atoms with Crippen LogP contribution < -0.4 is 0 Å². The molecule has 0 amide bonds. The zero-order valence-electron chi connectivity index (χ0n) is 7.80. The van der Waals surface area contributed by atoms with Crippen LogP contribution in [0, 0.1) is 0 Å². The average Bonchev–Trinajstić information content (AvgIpc) is 2.28. The van der Waals surface area contributed by atoms with E-state index in [2.05, 4.69) is 15.0 Å². The lowest BCUT2D eigenvalue weighted by Crippen LogP contribution is -1.87. The summed E-state index contributed by atoms with van der Waals surface area (Å²) < 4.78 is 0. The average molecular weight is 238 g/mol. The number of pyridine rings is 1. The highest BCUT2D eigenvalue weighted by molar-refractivity contribution is 7.98. The number of halogens is 1. The molecule has 0 saturated carbocycles. The van der Waals surface area contributed by atoms with Gasteiger partial charge in [-0.05, 0) is 12.1 Å². The largest absolute Gasteiger partial charge is 0.260 e. The van der Waals surface area contributed by atoms with Crippen molar-refractivity contribution < 1.29 is 0 Å². The molecule has 0 saturated heterocycles. The fourth-order valence-corrected chi connectivity index (χ4v) is 1.95. The van der Waals surface area contributed by atoms with E-state index in [0.717, 1.165) is 16.5 Å². The number of hydrogen-bond acceptors (Lipinski definition) is 4. The summed E-state index contributed by atoms with van der Waals surface area (Å²) in [5, 5.41) is 1.41. The van der Waals surface area contributed by atoms with Crippen LogP contribution in [0.5, 0.6) is 0 Å². The van der Waals surface area contributed by atoms with Gasteiger partial charge in [-0.2, -0.15) is 0 Å². The van der Waals surface area contributed by atoms with Gasteiger partial charge in [0.2, 0.25) is 0 Å². The minimum Gasteiger partial charge on any atom is -0.260 e. The second kappa shape index (κ2) is 5.09. The molecule has 2 aromatic rings. The SMILES string of the molecule is Clc1cccc(CSc2cnccn2)n1. The van der Waals surface area contributed by atoms with Crippen LogP contribution in [0.15, 0.2) is 41.8 Å². The van der Waals surface area contributed by atoms with E-state index in [0.29, 0.717) is 5.15 Å². The summed E-state index contributed by atoms with van der Waals surface area (Å²) in [6, 6.07) is 5.59. The van der Waals surface area contributed by atoms with Gasteiger partial charge in [0.1, 0.15) is 10.2 Å². The van der Waals surface area contributed by atoms with Crippen molar-refractivity contribution in [2.45, 2.75) is 10.8 Å². The molecule has 0 fully saturated rings. The minimum atomic E-state index is 0.521. The van der Waals surface area contributed by atoms with E-state index in [1.165, 1.54) is 0 Å². The molecular formula is C10H8ClN3S. The van der Waals surface area contributed by atoms with Crippen molar-refractivity contribution >= 4 is 23.4 Å². The second-order valence-electron chi connectivity index (χ2n) is 2.78. The zero-order valence-corrected chi connectivity index (χ0v) is 9.37. The molecule has 0 unspecified atom stereocenters. The Bertz CT molecular complexity index is 436. The van der Waals surface area contributed by atoms with Crippen LogP contribution in [0.2, 0.25) is 5.15 Å².